The third-order valence-corrected chi connectivity index (χ3v) is 4.50. The maximum Gasteiger partial charge on any atom is 0.158 e. The van der Waals surface area contributed by atoms with Crippen molar-refractivity contribution in [3.8, 4) is 23.1 Å². The average Bonchev–Trinajstić information content (AvgIpc) is 3.32. The van der Waals surface area contributed by atoms with E-state index < -0.39 is 0 Å². The minimum Gasteiger partial charge on any atom is -0.490 e. The van der Waals surface area contributed by atoms with E-state index in [1.165, 1.54) is 12.4 Å². The Balaban J connectivity index is 1.52. The Bertz CT molecular complexity index is 961. The second-order valence-electron chi connectivity index (χ2n) is 6.50. The summed E-state index contributed by atoms with van der Waals surface area (Å²) in [5, 5.41) is 19.1. The predicted molar refractivity (Wildman–Crippen MR) is 100 cm³/mol. The molecular weight excluding hydrogens is 342 g/mol. The van der Waals surface area contributed by atoms with Crippen molar-refractivity contribution in [1.82, 2.24) is 20.2 Å². The predicted octanol–water partition coefficient (Wildman–Crippen LogP) is 2.74. The molecule has 3 aromatic rings. The van der Waals surface area contributed by atoms with E-state index in [0.29, 0.717) is 11.6 Å². The van der Waals surface area contributed by atoms with Crippen LogP contribution in [-0.4, -0.2) is 32.3 Å². The number of nitrogens with one attached hydrogen (secondary N) is 2. The van der Waals surface area contributed by atoms with Crippen LogP contribution in [0.25, 0.3) is 11.3 Å². The summed E-state index contributed by atoms with van der Waals surface area (Å²) >= 11 is 0. The highest BCUT2D eigenvalue weighted by molar-refractivity contribution is 5.70. The summed E-state index contributed by atoms with van der Waals surface area (Å²) in [5.41, 5.74) is 8.02. The maximum absolute atomic E-state index is 8.78. The lowest BCUT2D eigenvalue weighted by molar-refractivity contribution is 0.209. The first kappa shape index (κ1) is 17.0. The monoisotopic (exact) mass is 361 g/mol. The van der Waals surface area contributed by atoms with Gasteiger partial charge in [-0.1, -0.05) is 12.1 Å². The Morgan fingerprint density at radius 2 is 2.07 bits per heavy atom. The van der Waals surface area contributed by atoms with Crippen molar-refractivity contribution in [3.05, 3.63) is 48.4 Å². The van der Waals surface area contributed by atoms with Gasteiger partial charge in [-0.25, -0.2) is 9.97 Å². The van der Waals surface area contributed by atoms with Crippen LogP contribution < -0.4 is 15.8 Å². The summed E-state index contributed by atoms with van der Waals surface area (Å²) in [5.74, 6) is 1.92. The largest absolute Gasteiger partial charge is 0.490 e. The molecule has 1 fully saturated rings. The van der Waals surface area contributed by atoms with Crippen molar-refractivity contribution < 1.29 is 4.74 Å². The van der Waals surface area contributed by atoms with E-state index in [9.17, 15) is 0 Å². The van der Waals surface area contributed by atoms with Crippen molar-refractivity contribution in [1.29, 1.82) is 5.26 Å². The van der Waals surface area contributed by atoms with Crippen LogP contribution >= 0.6 is 0 Å². The van der Waals surface area contributed by atoms with Gasteiger partial charge in [0.15, 0.2) is 11.5 Å². The van der Waals surface area contributed by atoms with Gasteiger partial charge in [-0.15, -0.1) is 0 Å². The molecule has 0 amide bonds. The second-order valence-corrected chi connectivity index (χ2v) is 6.50. The van der Waals surface area contributed by atoms with E-state index in [2.05, 4.69) is 25.5 Å². The van der Waals surface area contributed by atoms with E-state index in [0.717, 1.165) is 36.3 Å². The average molecular weight is 361 g/mol. The van der Waals surface area contributed by atoms with Gasteiger partial charge in [-0.3, -0.25) is 5.10 Å². The first-order chi connectivity index (χ1) is 13.2. The number of nitrogens with zero attached hydrogens (tertiary/aromatic N) is 4. The molecule has 0 aliphatic heterocycles. The molecular formula is C19H19N7O. The Labute approximate surface area is 156 Å². The molecule has 0 spiro atoms. The molecule has 0 unspecified atom stereocenters. The van der Waals surface area contributed by atoms with Crippen molar-refractivity contribution in [3.63, 3.8) is 0 Å². The number of rotatable bonds is 5. The molecule has 0 saturated heterocycles. The van der Waals surface area contributed by atoms with Gasteiger partial charge in [0.25, 0.3) is 0 Å². The smallest absolute Gasteiger partial charge is 0.158 e. The van der Waals surface area contributed by atoms with Gasteiger partial charge in [0.2, 0.25) is 0 Å². The summed E-state index contributed by atoms with van der Waals surface area (Å²) in [7, 11) is 0. The molecule has 1 aliphatic carbocycles. The molecule has 4 N–H and O–H groups in total. The fraction of sp³-hybridized carbons (Fsp3) is 0.263. The SMILES string of the molecule is N#Cc1cnc(Nc2cc(-c3ccccc3O[C@H]3CC[C@@H](N)C3)[nH]n2)cn1. The lowest BCUT2D eigenvalue weighted by atomic mass is 10.1. The molecule has 1 aromatic carbocycles. The molecule has 1 saturated carbocycles. The first-order valence-corrected chi connectivity index (χ1v) is 8.77. The van der Waals surface area contributed by atoms with Crippen molar-refractivity contribution in [2.75, 3.05) is 5.32 Å². The third-order valence-electron chi connectivity index (χ3n) is 4.50. The van der Waals surface area contributed by atoms with Gasteiger partial charge in [-0.05, 0) is 31.4 Å². The lowest BCUT2D eigenvalue weighted by Gasteiger charge is -2.16. The van der Waals surface area contributed by atoms with Crippen LogP contribution in [0.1, 0.15) is 25.0 Å². The molecule has 27 heavy (non-hydrogen) atoms. The van der Waals surface area contributed by atoms with Crippen molar-refractivity contribution in [2.24, 2.45) is 5.73 Å². The highest BCUT2D eigenvalue weighted by Crippen LogP contribution is 2.33. The van der Waals surface area contributed by atoms with E-state index in [1.54, 1.807) is 0 Å². The Hall–Kier alpha value is -3.44. The molecule has 8 nitrogen and oxygen atoms in total. The number of aromatic nitrogens is 4. The number of para-hydroxylation sites is 1. The number of nitriles is 1. The van der Waals surface area contributed by atoms with Crippen LogP contribution in [0, 0.1) is 11.3 Å². The third kappa shape index (κ3) is 3.88. The van der Waals surface area contributed by atoms with E-state index in [-0.39, 0.29) is 17.8 Å². The molecule has 0 radical (unpaired) electrons. The number of benzene rings is 1. The number of nitrogens with two attached hydrogens (primary N) is 1. The zero-order chi connectivity index (χ0) is 18.6. The van der Waals surface area contributed by atoms with Crippen LogP contribution in [0.15, 0.2) is 42.7 Å². The number of anilines is 2. The number of aromatic amines is 1. The summed E-state index contributed by atoms with van der Waals surface area (Å²) in [4.78, 5) is 8.11. The van der Waals surface area contributed by atoms with Gasteiger partial charge in [-0.2, -0.15) is 10.4 Å². The standard InChI is InChI=1S/C19H19N7O/c20-9-13-10-23-19(11-22-13)24-18-8-16(25-26-18)15-3-1-2-4-17(15)27-14-6-5-12(21)7-14/h1-4,8,10-12,14H,5-7,21H2,(H2,23,24,25,26)/t12-,14+/m1/s1. The summed E-state index contributed by atoms with van der Waals surface area (Å²) < 4.78 is 6.18. The first-order valence-electron chi connectivity index (χ1n) is 8.77. The summed E-state index contributed by atoms with van der Waals surface area (Å²) in [6, 6.07) is 11.9. The van der Waals surface area contributed by atoms with E-state index in [1.807, 2.05) is 36.4 Å². The van der Waals surface area contributed by atoms with E-state index in [4.69, 9.17) is 15.7 Å². The van der Waals surface area contributed by atoms with Gasteiger partial charge in [0.1, 0.15) is 23.7 Å². The normalized spacial score (nSPS) is 18.8. The van der Waals surface area contributed by atoms with Crippen LogP contribution in [-0.2, 0) is 0 Å². The Kier molecular flexibility index (Phi) is 4.68. The zero-order valence-electron chi connectivity index (χ0n) is 14.6. The molecule has 1 aliphatic rings. The highest BCUT2D eigenvalue weighted by atomic mass is 16.5. The van der Waals surface area contributed by atoms with Crippen LogP contribution in [0.5, 0.6) is 5.75 Å². The zero-order valence-corrected chi connectivity index (χ0v) is 14.6. The maximum atomic E-state index is 8.78. The van der Waals surface area contributed by atoms with Crippen molar-refractivity contribution in [2.45, 2.75) is 31.4 Å². The number of ether oxygens (including phenoxy) is 1. The molecule has 8 heteroatoms. The quantitative estimate of drug-likeness (QED) is 0.638. The fourth-order valence-electron chi connectivity index (χ4n) is 3.16. The van der Waals surface area contributed by atoms with E-state index >= 15 is 0 Å². The second kappa shape index (κ2) is 7.43. The minimum atomic E-state index is 0.149. The molecule has 0 bridgehead atoms. The van der Waals surface area contributed by atoms with Gasteiger partial charge in [0, 0.05) is 17.7 Å². The van der Waals surface area contributed by atoms with Crippen molar-refractivity contribution >= 4 is 11.6 Å². The van der Waals surface area contributed by atoms with Gasteiger partial charge >= 0.3 is 0 Å². The summed E-state index contributed by atoms with van der Waals surface area (Å²) in [6.45, 7) is 0. The number of H-pyrrole nitrogens is 1. The van der Waals surface area contributed by atoms with Gasteiger partial charge < -0.3 is 15.8 Å². The molecule has 2 atom stereocenters. The fourth-order valence-corrected chi connectivity index (χ4v) is 3.16. The molecule has 136 valence electrons. The molecule has 2 heterocycles. The molecule has 4 rings (SSSR count). The van der Waals surface area contributed by atoms with Gasteiger partial charge in [0.05, 0.1) is 18.1 Å². The lowest BCUT2D eigenvalue weighted by Crippen LogP contribution is -2.19. The number of hydrogen-bond acceptors (Lipinski definition) is 7. The highest BCUT2D eigenvalue weighted by Gasteiger charge is 2.24. The van der Waals surface area contributed by atoms with Crippen LogP contribution in [0.2, 0.25) is 0 Å². The number of hydrogen-bond donors (Lipinski definition) is 3. The Morgan fingerprint density at radius 3 is 2.81 bits per heavy atom. The van der Waals surface area contributed by atoms with Crippen LogP contribution in [0.4, 0.5) is 11.6 Å². The molecule has 2 aromatic heterocycles. The topological polar surface area (TPSA) is 126 Å². The summed E-state index contributed by atoms with van der Waals surface area (Å²) in [6.07, 6.45) is 5.90. The Morgan fingerprint density at radius 1 is 1.19 bits per heavy atom. The van der Waals surface area contributed by atoms with Crippen LogP contribution in [0.3, 0.4) is 0 Å². The minimum absolute atomic E-state index is 0.149.